The first-order valence-electron chi connectivity index (χ1n) is 14.7. The first-order chi connectivity index (χ1) is 23.2. The summed E-state index contributed by atoms with van der Waals surface area (Å²) in [6, 6.07) is 0. The number of hydrogen-bond acceptors (Lipinski definition) is 9. The van der Waals surface area contributed by atoms with Crippen molar-refractivity contribution < 1.29 is 50.4 Å². The van der Waals surface area contributed by atoms with Gasteiger partial charge in [0.15, 0.2) is 10.3 Å². The van der Waals surface area contributed by atoms with Gasteiger partial charge in [-0.2, -0.15) is 4.31 Å². The van der Waals surface area contributed by atoms with Crippen molar-refractivity contribution in [2.45, 2.75) is 88.7 Å². The molecule has 11 nitrogen and oxygen atoms in total. The van der Waals surface area contributed by atoms with Crippen LogP contribution in [0.25, 0.3) is 0 Å². The molecule has 0 radical (unpaired) electrons. The fourth-order valence-electron chi connectivity index (χ4n) is 3.81. The van der Waals surface area contributed by atoms with Gasteiger partial charge in [-0.3, -0.25) is 22.6 Å². The van der Waals surface area contributed by atoms with Crippen molar-refractivity contribution in [3.63, 3.8) is 0 Å². The lowest BCUT2D eigenvalue weighted by Crippen LogP contribution is -2.57. The fourth-order valence-corrected chi connectivity index (χ4v) is 17.1. The molecule has 1 saturated heterocycles. The highest BCUT2D eigenvalue weighted by molar-refractivity contribution is 9.26. The quantitative estimate of drug-likeness (QED) is 0.0887. The molecule has 2 N–H and O–H groups in total. The van der Waals surface area contributed by atoms with Gasteiger partial charge in [0.25, 0.3) is 0 Å². The van der Waals surface area contributed by atoms with E-state index in [0.29, 0.717) is 16.0 Å². The molecule has 2 atom stereocenters. The normalized spacial score (nSPS) is 23.5. The maximum absolute atomic E-state index is 14.1. The zero-order valence-electron chi connectivity index (χ0n) is 28.6. The van der Waals surface area contributed by atoms with Gasteiger partial charge < -0.3 is 9.79 Å². The molecule has 1 heterocycles. The molecule has 0 aromatic heterocycles. The van der Waals surface area contributed by atoms with Crippen LogP contribution >= 0.6 is 213 Å². The van der Waals surface area contributed by atoms with E-state index in [9.17, 15) is 23.5 Å². The Kier molecular flexibility index (Phi) is 25.0. The summed E-state index contributed by atoms with van der Waals surface area (Å²) in [7, 11) is -14.1. The van der Waals surface area contributed by atoms with E-state index in [1.165, 1.54) is 0 Å². The lowest BCUT2D eigenvalue weighted by Gasteiger charge is -2.47. The van der Waals surface area contributed by atoms with E-state index in [4.69, 9.17) is 69.0 Å². The van der Waals surface area contributed by atoms with Crippen LogP contribution in [-0.4, -0.2) is 70.8 Å². The summed E-state index contributed by atoms with van der Waals surface area (Å²) in [6.07, 6.45) is 0.0673. The van der Waals surface area contributed by atoms with Crippen LogP contribution in [0.1, 0.15) is 67.2 Å². The predicted octanol–water partition coefficient (Wildman–Crippen LogP) is 15.0. The van der Waals surface area contributed by atoms with E-state index in [1.54, 1.807) is 0 Å². The average Bonchev–Trinajstić information content (AvgIpc) is 3.01. The van der Waals surface area contributed by atoms with E-state index in [-0.39, 0.29) is 49.2 Å². The highest BCUT2D eigenvalue weighted by Crippen LogP contribution is 2.71. The molecule has 0 saturated carbocycles. The van der Waals surface area contributed by atoms with Crippen LogP contribution in [-0.2, 0) is 40.6 Å². The van der Waals surface area contributed by atoms with Gasteiger partial charge in [-0.15, -0.1) is 46.4 Å². The second-order valence-electron chi connectivity index (χ2n) is 13.3. The fraction of sp³-hybridized carbons (Fsp3) is 1.00. The van der Waals surface area contributed by atoms with Crippen molar-refractivity contribution in [2.24, 2.45) is 16.2 Å². The molecule has 1 rings (SSSR count). The lowest BCUT2D eigenvalue weighted by molar-refractivity contribution is -0.126. The summed E-state index contributed by atoms with van der Waals surface area (Å²) in [5.41, 5.74) is -4.71. The Bertz CT molecular complexity index is 1170. The van der Waals surface area contributed by atoms with Gasteiger partial charge in [-0.05, 0) is 121 Å². The number of phosphoric acid groups is 3. The summed E-state index contributed by atoms with van der Waals surface area (Å²) in [5.74, 6) is 0.0647. The van der Waals surface area contributed by atoms with Crippen molar-refractivity contribution in [2.75, 3.05) is 39.5 Å². The Morgan fingerprint density at radius 1 is 0.577 bits per heavy atom. The van der Waals surface area contributed by atoms with Crippen molar-refractivity contribution in [1.82, 2.24) is 0 Å². The van der Waals surface area contributed by atoms with Gasteiger partial charge in [0.1, 0.15) is 11.2 Å². The smallest absolute Gasteiger partial charge is 0.302 e. The van der Waals surface area contributed by atoms with Crippen LogP contribution in [0.4, 0.5) is 0 Å². The topological polar surface area (TPSA) is 147 Å². The summed E-state index contributed by atoms with van der Waals surface area (Å²) < 4.78 is 67.3. The molecule has 1 aliphatic rings. The number of halogens is 13. The largest absolute Gasteiger partial charge is 0.481 e. The van der Waals surface area contributed by atoms with Gasteiger partial charge >= 0.3 is 23.5 Å². The maximum Gasteiger partial charge on any atom is 0.481 e. The first kappa shape index (κ1) is 57.9. The lowest BCUT2D eigenvalue weighted by atomic mass is 9.75. The molecule has 1 aliphatic heterocycles. The van der Waals surface area contributed by atoms with E-state index < -0.39 is 61.2 Å². The van der Waals surface area contributed by atoms with E-state index in [1.807, 2.05) is 41.5 Å². The standard InChI is InChI=1S/C15H24Br9O4P.C10H18Cl4O7P2/c1-10(2,7-16)13(19,20)26-29(25,27-14(21,22)11(3,4)8-17)28-15(23,24)12(5,6)9-18;11-5-1-9(2-6-12)10(3-7-13,4-8-14)20-23(17,18)21-22(15,16)19-9/h7-9H2,1-6H3;1-8H2,(H,15,16)(H,17,18). The molecular weight excluding hydrogens is 1430 g/mol. The van der Waals surface area contributed by atoms with Crippen molar-refractivity contribution >= 4 is 213 Å². The van der Waals surface area contributed by atoms with Gasteiger partial charge in [0, 0.05) is 55.8 Å². The Labute approximate surface area is 402 Å². The molecule has 1 fully saturated rings. The van der Waals surface area contributed by atoms with E-state index in [0.717, 1.165) is 0 Å². The molecule has 0 amide bonds. The monoisotopic (exact) mass is 1460 g/mol. The zero-order chi connectivity index (χ0) is 41.5. The predicted molar refractivity (Wildman–Crippen MR) is 245 cm³/mol. The number of rotatable bonds is 20. The molecule has 0 aliphatic carbocycles. The third kappa shape index (κ3) is 15.9. The highest BCUT2D eigenvalue weighted by Gasteiger charge is 2.62. The van der Waals surface area contributed by atoms with Gasteiger partial charge in [-0.1, -0.05) is 89.3 Å². The summed E-state index contributed by atoms with van der Waals surface area (Å²) in [4.78, 5) is 19.6. The van der Waals surface area contributed by atoms with Crippen LogP contribution in [0.5, 0.6) is 0 Å². The average molecular weight is 1470 g/mol. The molecule has 314 valence electrons. The Balaban J connectivity index is 0.00000103. The summed E-state index contributed by atoms with van der Waals surface area (Å²) in [5, 5.41) is 1.62. The minimum Gasteiger partial charge on any atom is -0.302 e. The van der Waals surface area contributed by atoms with E-state index >= 15 is 0 Å². The van der Waals surface area contributed by atoms with Crippen molar-refractivity contribution in [1.29, 1.82) is 0 Å². The van der Waals surface area contributed by atoms with E-state index in [2.05, 4.69) is 148 Å². The third-order valence-electron chi connectivity index (χ3n) is 7.66. The molecule has 0 aromatic carbocycles. The number of phosphoric ester groups is 3. The van der Waals surface area contributed by atoms with Crippen LogP contribution in [0, 0.1) is 16.2 Å². The van der Waals surface area contributed by atoms with Crippen LogP contribution in [0.15, 0.2) is 0 Å². The molecule has 0 spiro atoms. The van der Waals surface area contributed by atoms with Crippen molar-refractivity contribution in [3.05, 3.63) is 0 Å². The zero-order valence-corrected chi connectivity index (χ0v) is 48.6. The molecule has 0 bridgehead atoms. The van der Waals surface area contributed by atoms with Gasteiger partial charge in [-0.25, -0.2) is 13.7 Å². The summed E-state index contributed by atoms with van der Waals surface area (Å²) in [6.45, 7) is 11.5. The second-order valence-corrected chi connectivity index (χ2v) is 30.7. The number of alkyl halides is 13. The third-order valence-corrected chi connectivity index (χ3v) is 25.8. The first-order valence-corrected chi connectivity index (χ1v) is 29.4. The SMILES string of the molecule is CC(C)(CBr)C(Br)(Br)OP(=O)(OC(Br)(Br)C(C)(C)CBr)OC(Br)(Br)C(C)(C)CBr.O=P1(O)OC(CCCl)(CCCl)C(CCCl)(CCCl)OP(=O)(O)O1. The van der Waals surface area contributed by atoms with Crippen LogP contribution < -0.4 is 0 Å². The number of hydrogen-bond donors (Lipinski definition) is 2. The maximum atomic E-state index is 14.1. The molecule has 0 aromatic rings. The van der Waals surface area contributed by atoms with Crippen LogP contribution in [0.3, 0.4) is 0 Å². The Morgan fingerprint density at radius 3 is 0.962 bits per heavy atom. The molecule has 27 heteroatoms. The highest BCUT2D eigenvalue weighted by atomic mass is 79.9. The second kappa shape index (κ2) is 22.5. The molecule has 2 unspecified atom stereocenters. The molecule has 52 heavy (non-hydrogen) atoms. The van der Waals surface area contributed by atoms with Gasteiger partial charge in [0.05, 0.1) is 0 Å². The minimum atomic E-state index is -4.90. The summed E-state index contributed by atoms with van der Waals surface area (Å²) >= 11 is 54.7. The van der Waals surface area contributed by atoms with Gasteiger partial charge in [0.2, 0.25) is 0 Å². The van der Waals surface area contributed by atoms with Crippen LogP contribution in [0.2, 0.25) is 0 Å². The Hall–Kier alpha value is 5.85. The Morgan fingerprint density at radius 2 is 0.788 bits per heavy atom. The minimum absolute atomic E-state index is 0.0162. The van der Waals surface area contributed by atoms with Crippen molar-refractivity contribution in [3.8, 4) is 0 Å². The molecular formula is C25H42Br9Cl4O11P3.